The Morgan fingerprint density at radius 1 is 1.50 bits per heavy atom. The smallest absolute Gasteiger partial charge is 0.260 e. The molecular weight excluding hydrogens is 326 g/mol. The van der Waals surface area contributed by atoms with Crippen LogP contribution in [0.4, 0.5) is 0 Å². The number of primary amides is 1. The van der Waals surface area contributed by atoms with E-state index in [0.717, 1.165) is 4.68 Å². The Labute approximate surface area is 113 Å². The largest absolute Gasteiger partial charge is 0.370 e. The second kappa shape index (κ2) is 6.25. The number of halogens is 1. The van der Waals surface area contributed by atoms with E-state index < -0.39 is 15.9 Å². The summed E-state index contributed by atoms with van der Waals surface area (Å²) in [7, 11) is -2.17. The molecule has 10 heteroatoms. The zero-order valence-electron chi connectivity index (χ0n) is 9.76. The third-order valence-corrected chi connectivity index (χ3v) is 4.48. The number of sulfonamides is 1. The van der Waals surface area contributed by atoms with Crippen LogP contribution in [0.15, 0.2) is 9.63 Å². The van der Waals surface area contributed by atoms with E-state index in [2.05, 4.69) is 31.0 Å². The Kier molecular flexibility index (Phi) is 5.23. The number of rotatable bonds is 7. The summed E-state index contributed by atoms with van der Waals surface area (Å²) in [6.45, 7) is 0.229. The van der Waals surface area contributed by atoms with Crippen molar-refractivity contribution in [3.63, 3.8) is 0 Å². The van der Waals surface area contributed by atoms with E-state index in [0.29, 0.717) is 12.8 Å². The molecule has 0 aliphatic carbocycles. The standard InChI is InChI=1S/C8H14BrN5O3S/c1-14-8(7(9)12-13-14)18(16,17)11-5-3-2-4-6(10)15/h11H,2-5H2,1H3,(H2,10,15). The van der Waals surface area contributed by atoms with E-state index in [4.69, 9.17) is 5.73 Å². The highest BCUT2D eigenvalue weighted by atomic mass is 79.9. The number of hydrogen-bond acceptors (Lipinski definition) is 5. The molecule has 1 aromatic heterocycles. The normalized spacial score (nSPS) is 11.7. The summed E-state index contributed by atoms with van der Waals surface area (Å²) < 4.78 is 27.5. The lowest BCUT2D eigenvalue weighted by molar-refractivity contribution is -0.118. The van der Waals surface area contributed by atoms with Gasteiger partial charge in [0.15, 0.2) is 4.60 Å². The maximum atomic E-state index is 11.9. The van der Waals surface area contributed by atoms with Crippen LogP contribution in [-0.2, 0) is 21.9 Å². The Bertz CT molecular complexity index is 507. The summed E-state index contributed by atoms with van der Waals surface area (Å²) in [6.07, 6.45) is 1.33. The second-order valence-corrected chi connectivity index (χ2v) is 6.06. The van der Waals surface area contributed by atoms with E-state index in [1.807, 2.05) is 0 Å². The quantitative estimate of drug-likeness (QED) is 0.649. The van der Waals surface area contributed by atoms with Crippen LogP contribution < -0.4 is 10.5 Å². The molecular formula is C8H14BrN5O3S. The molecule has 0 fully saturated rings. The molecule has 3 N–H and O–H groups in total. The van der Waals surface area contributed by atoms with Crippen LogP contribution in [0.3, 0.4) is 0 Å². The Morgan fingerprint density at radius 3 is 2.67 bits per heavy atom. The predicted molar refractivity (Wildman–Crippen MR) is 66.9 cm³/mol. The molecule has 0 unspecified atom stereocenters. The van der Waals surface area contributed by atoms with Crippen molar-refractivity contribution in [2.45, 2.75) is 24.3 Å². The van der Waals surface area contributed by atoms with E-state index in [1.54, 1.807) is 0 Å². The van der Waals surface area contributed by atoms with Crippen molar-refractivity contribution in [1.29, 1.82) is 0 Å². The fourth-order valence-electron chi connectivity index (χ4n) is 1.31. The topological polar surface area (TPSA) is 120 Å². The number of aromatic nitrogens is 3. The van der Waals surface area contributed by atoms with Gasteiger partial charge in [-0.1, -0.05) is 5.21 Å². The summed E-state index contributed by atoms with van der Waals surface area (Å²) in [6, 6.07) is 0. The molecule has 0 saturated carbocycles. The monoisotopic (exact) mass is 339 g/mol. The maximum Gasteiger partial charge on any atom is 0.260 e. The second-order valence-electron chi connectivity index (χ2n) is 3.63. The summed E-state index contributed by atoms with van der Waals surface area (Å²) in [5.74, 6) is -0.392. The van der Waals surface area contributed by atoms with Crippen molar-refractivity contribution in [1.82, 2.24) is 19.7 Å². The number of amides is 1. The van der Waals surface area contributed by atoms with Gasteiger partial charge in [0.2, 0.25) is 10.9 Å². The molecule has 0 saturated heterocycles. The van der Waals surface area contributed by atoms with Gasteiger partial charge in [0, 0.05) is 20.0 Å². The molecule has 18 heavy (non-hydrogen) atoms. The average molecular weight is 340 g/mol. The predicted octanol–water partition coefficient (Wildman–Crippen LogP) is -0.489. The minimum Gasteiger partial charge on any atom is -0.370 e. The Morgan fingerprint density at radius 2 is 2.17 bits per heavy atom. The van der Waals surface area contributed by atoms with E-state index in [9.17, 15) is 13.2 Å². The molecule has 0 aliphatic heterocycles. The molecule has 1 aromatic rings. The molecule has 0 spiro atoms. The Balaban J connectivity index is 2.54. The molecule has 0 aliphatic rings. The summed E-state index contributed by atoms with van der Waals surface area (Å²) >= 11 is 3.02. The minimum absolute atomic E-state index is 0.0302. The van der Waals surface area contributed by atoms with Crippen LogP contribution in [-0.4, -0.2) is 35.9 Å². The van der Waals surface area contributed by atoms with Crippen molar-refractivity contribution >= 4 is 31.9 Å². The van der Waals surface area contributed by atoms with Crippen molar-refractivity contribution < 1.29 is 13.2 Å². The van der Waals surface area contributed by atoms with Gasteiger partial charge in [0.1, 0.15) is 0 Å². The van der Waals surface area contributed by atoms with Crippen molar-refractivity contribution in [3.05, 3.63) is 4.60 Å². The highest BCUT2D eigenvalue weighted by molar-refractivity contribution is 9.10. The van der Waals surface area contributed by atoms with Gasteiger partial charge in [-0.3, -0.25) is 4.79 Å². The number of nitrogens with zero attached hydrogens (tertiary/aromatic N) is 3. The third-order valence-electron chi connectivity index (χ3n) is 2.13. The number of nitrogens with two attached hydrogens (primary N) is 1. The number of nitrogens with one attached hydrogen (secondary N) is 1. The fourth-order valence-corrected chi connectivity index (χ4v) is 3.47. The van der Waals surface area contributed by atoms with Crippen molar-refractivity contribution in [2.75, 3.05) is 6.54 Å². The van der Waals surface area contributed by atoms with Gasteiger partial charge in [-0.2, -0.15) is 0 Å². The van der Waals surface area contributed by atoms with Crippen LogP contribution in [0.2, 0.25) is 0 Å². The molecule has 0 radical (unpaired) electrons. The molecule has 0 bridgehead atoms. The molecule has 0 aromatic carbocycles. The molecule has 8 nitrogen and oxygen atoms in total. The number of carbonyl (C=O) groups excluding carboxylic acids is 1. The third kappa shape index (κ3) is 4.03. The van der Waals surface area contributed by atoms with Gasteiger partial charge >= 0.3 is 0 Å². The van der Waals surface area contributed by atoms with Crippen LogP contribution in [0.5, 0.6) is 0 Å². The summed E-state index contributed by atoms with van der Waals surface area (Å²) in [5.41, 5.74) is 4.97. The van der Waals surface area contributed by atoms with E-state index in [1.165, 1.54) is 7.05 Å². The van der Waals surface area contributed by atoms with Gasteiger partial charge in [0.05, 0.1) is 0 Å². The van der Waals surface area contributed by atoms with Crippen molar-refractivity contribution in [2.24, 2.45) is 12.8 Å². The number of carbonyl (C=O) groups is 1. The fraction of sp³-hybridized carbons (Fsp3) is 0.625. The Hall–Kier alpha value is -1.00. The molecule has 0 atom stereocenters. The van der Waals surface area contributed by atoms with Crippen LogP contribution in [0, 0.1) is 0 Å². The van der Waals surface area contributed by atoms with E-state index >= 15 is 0 Å². The first kappa shape index (κ1) is 15.1. The molecule has 1 amide bonds. The molecule has 102 valence electrons. The number of hydrogen-bond donors (Lipinski definition) is 2. The van der Waals surface area contributed by atoms with Gasteiger partial charge in [-0.25, -0.2) is 17.8 Å². The summed E-state index contributed by atoms with van der Waals surface area (Å²) in [5, 5.41) is 7.16. The van der Waals surface area contributed by atoms with Crippen LogP contribution in [0.25, 0.3) is 0 Å². The average Bonchev–Trinajstić information content (AvgIpc) is 2.57. The number of unbranched alkanes of at least 4 members (excludes halogenated alkanes) is 1. The van der Waals surface area contributed by atoms with Gasteiger partial charge in [-0.05, 0) is 28.8 Å². The zero-order chi connectivity index (χ0) is 13.8. The highest BCUT2D eigenvalue weighted by Gasteiger charge is 2.23. The highest BCUT2D eigenvalue weighted by Crippen LogP contribution is 2.17. The zero-order valence-corrected chi connectivity index (χ0v) is 12.2. The lowest BCUT2D eigenvalue weighted by Crippen LogP contribution is -2.27. The van der Waals surface area contributed by atoms with Gasteiger partial charge in [-0.15, -0.1) is 5.10 Å². The maximum absolute atomic E-state index is 11.9. The molecule has 1 heterocycles. The number of aryl methyl sites for hydroxylation is 1. The van der Waals surface area contributed by atoms with Crippen LogP contribution >= 0.6 is 15.9 Å². The minimum atomic E-state index is -3.65. The van der Waals surface area contributed by atoms with Crippen molar-refractivity contribution in [3.8, 4) is 0 Å². The first-order valence-corrected chi connectivity index (χ1v) is 7.45. The lowest BCUT2D eigenvalue weighted by Gasteiger charge is -2.06. The lowest BCUT2D eigenvalue weighted by atomic mass is 10.2. The van der Waals surface area contributed by atoms with Gasteiger partial charge < -0.3 is 5.73 Å². The summed E-state index contributed by atoms with van der Waals surface area (Å²) in [4.78, 5) is 10.5. The SMILES string of the molecule is Cn1nnc(Br)c1S(=O)(=O)NCCCCC(N)=O. The van der Waals surface area contributed by atoms with Crippen LogP contribution in [0.1, 0.15) is 19.3 Å². The first-order valence-electron chi connectivity index (χ1n) is 5.17. The molecule has 1 rings (SSSR count). The first-order chi connectivity index (χ1) is 8.34. The van der Waals surface area contributed by atoms with Gasteiger partial charge in [0.25, 0.3) is 10.0 Å². The van der Waals surface area contributed by atoms with E-state index in [-0.39, 0.29) is 22.6 Å².